The summed E-state index contributed by atoms with van der Waals surface area (Å²) in [6.45, 7) is 0.324. The average molecular weight is 443 g/mol. The molecule has 1 aromatic carbocycles. The van der Waals surface area contributed by atoms with Gasteiger partial charge in [-0.15, -0.1) is 16.9 Å². The van der Waals surface area contributed by atoms with Gasteiger partial charge < -0.3 is 16.1 Å². The Morgan fingerprint density at radius 2 is 2.07 bits per heavy atom. The first-order chi connectivity index (χ1) is 14.5. The zero-order chi connectivity index (χ0) is 21.1. The van der Waals surface area contributed by atoms with E-state index in [1.807, 2.05) is 37.5 Å². The Hall–Kier alpha value is -3.27. The number of nitrogens with one attached hydrogen (secondary N) is 4. The van der Waals surface area contributed by atoms with Crippen molar-refractivity contribution in [2.24, 2.45) is 0 Å². The number of thiophene rings is 1. The smallest absolute Gasteiger partial charge is 0.261 e. The number of hydrogen-bond acceptors (Lipinski definition) is 7. The molecule has 10 heteroatoms. The number of amides is 1. The van der Waals surface area contributed by atoms with E-state index in [0.717, 1.165) is 22.8 Å². The van der Waals surface area contributed by atoms with Gasteiger partial charge in [0.15, 0.2) is 0 Å². The molecule has 4 rings (SSSR count). The van der Waals surface area contributed by atoms with E-state index in [9.17, 15) is 9.59 Å². The molecule has 0 radical (unpaired) electrons. The normalized spacial score (nSPS) is 13.0. The summed E-state index contributed by atoms with van der Waals surface area (Å²) in [6.07, 6.45) is 3.58. The van der Waals surface area contributed by atoms with Crippen molar-refractivity contribution in [3.05, 3.63) is 86.2 Å². The molecule has 30 heavy (non-hydrogen) atoms. The second kappa shape index (κ2) is 8.62. The van der Waals surface area contributed by atoms with Gasteiger partial charge in [0, 0.05) is 25.5 Å². The van der Waals surface area contributed by atoms with Crippen LogP contribution in [-0.4, -0.2) is 24.1 Å². The van der Waals surface area contributed by atoms with Gasteiger partial charge in [0.1, 0.15) is 0 Å². The van der Waals surface area contributed by atoms with Gasteiger partial charge in [0.25, 0.3) is 11.5 Å². The predicted octanol–water partition coefficient (Wildman–Crippen LogP) is 2.69. The summed E-state index contributed by atoms with van der Waals surface area (Å²) < 4.78 is 2.15. The average Bonchev–Trinajstić information content (AvgIpc) is 3.41. The number of aromatic nitrogens is 1. The van der Waals surface area contributed by atoms with Crippen LogP contribution in [0, 0.1) is 0 Å². The molecular formula is C20H19ClN6O2S. The van der Waals surface area contributed by atoms with Crippen LogP contribution in [0.15, 0.2) is 71.4 Å². The highest BCUT2D eigenvalue weighted by molar-refractivity contribution is 7.18. The van der Waals surface area contributed by atoms with Crippen molar-refractivity contribution in [3.8, 4) is 5.69 Å². The number of hydrogen-bond donors (Lipinski definition) is 4. The molecule has 0 fully saturated rings. The van der Waals surface area contributed by atoms with Crippen molar-refractivity contribution >= 4 is 40.2 Å². The number of benzene rings is 1. The van der Waals surface area contributed by atoms with Gasteiger partial charge >= 0.3 is 0 Å². The van der Waals surface area contributed by atoms with E-state index in [-0.39, 0.29) is 11.5 Å². The predicted molar refractivity (Wildman–Crippen MR) is 120 cm³/mol. The molecule has 154 valence electrons. The summed E-state index contributed by atoms with van der Waals surface area (Å²) in [5.74, 6) is -0.179. The number of pyridine rings is 1. The van der Waals surface area contributed by atoms with Crippen LogP contribution in [-0.2, 0) is 0 Å². The first-order valence-corrected chi connectivity index (χ1v) is 10.3. The molecule has 0 atom stereocenters. The van der Waals surface area contributed by atoms with Crippen LogP contribution < -0.4 is 32.2 Å². The first kappa shape index (κ1) is 20.0. The minimum Gasteiger partial charge on any atom is -0.386 e. The SMILES string of the molecule is CNc1cc(-n2ccccc2=O)ccc1N1C=C(CNC(=O)c2ccc(Cl)s2)NN1. The van der Waals surface area contributed by atoms with E-state index >= 15 is 0 Å². The lowest BCUT2D eigenvalue weighted by Gasteiger charge is -2.20. The number of hydrazine groups is 2. The number of halogens is 1. The molecule has 0 unspecified atom stereocenters. The third-order valence-corrected chi connectivity index (χ3v) is 5.70. The lowest BCUT2D eigenvalue weighted by molar-refractivity contribution is 0.0960. The number of carbonyl (C=O) groups is 1. The van der Waals surface area contributed by atoms with Crippen LogP contribution >= 0.6 is 22.9 Å². The van der Waals surface area contributed by atoms with Crippen molar-refractivity contribution in [1.29, 1.82) is 0 Å². The monoisotopic (exact) mass is 442 g/mol. The number of nitrogens with zero attached hydrogens (tertiary/aromatic N) is 2. The highest BCUT2D eigenvalue weighted by atomic mass is 35.5. The highest BCUT2D eigenvalue weighted by Gasteiger charge is 2.17. The van der Waals surface area contributed by atoms with Crippen LogP contribution in [0.1, 0.15) is 9.67 Å². The molecule has 0 aliphatic carbocycles. The maximum Gasteiger partial charge on any atom is 0.261 e. The van der Waals surface area contributed by atoms with Crippen LogP contribution in [0.5, 0.6) is 0 Å². The Morgan fingerprint density at radius 3 is 2.80 bits per heavy atom. The van der Waals surface area contributed by atoms with E-state index in [0.29, 0.717) is 15.8 Å². The molecular weight excluding hydrogens is 424 g/mol. The first-order valence-electron chi connectivity index (χ1n) is 9.10. The number of rotatable bonds is 6. The zero-order valence-corrected chi connectivity index (χ0v) is 17.6. The fraction of sp³-hybridized carbons (Fsp3) is 0.100. The summed E-state index contributed by atoms with van der Waals surface area (Å²) in [4.78, 5) is 24.8. The minimum absolute atomic E-state index is 0.0989. The fourth-order valence-corrected chi connectivity index (χ4v) is 3.96. The van der Waals surface area contributed by atoms with Gasteiger partial charge in [0.05, 0.1) is 38.5 Å². The molecule has 0 saturated carbocycles. The standard InChI is InChI=1S/C20H19ClN6O2S/c1-22-15-10-14(26-9-3-2-4-19(26)28)5-6-16(15)27-12-13(24-25-27)11-23-20(29)17-7-8-18(21)30-17/h2-10,12,22,24-25H,11H2,1H3,(H,23,29). The van der Waals surface area contributed by atoms with Crippen molar-refractivity contribution in [2.45, 2.75) is 0 Å². The molecule has 1 aliphatic heterocycles. The van der Waals surface area contributed by atoms with E-state index in [4.69, 9.17) is 11.6 Å². The third-order valence-electron chi connectivity index (χ3n) is 4.47. The Bertz CT molecular complexity index is 1170. The maximum absolute atomic E-state index is 12.2. The molecule has 3 heterocycles. The lowest BCUT2D eigenvalue weighted by atomic mass is 10.2. The Labute approximate surface area is 181 Å². The highest BCUT2D eigenvalue weighted by Crippen LogP contribution is 2.28. The fourth-order valence-electron chi connectivity index (χ4n) is 3.00. The lowest BCUT2D eigenvalue weighted by Crippen LogP contribution is -2.38. The van der Waals surface area contributed by atoms with Crippen molar-refractivity contribution in [1.82, 2.24) is 20.8 Å². The Kier molecular flexibility index (Phi) is 5.75. The second-order valence-electron chi connectivity index (χ2n) is 6.41. The molecule has 0 spiro atoms. The largest absolute Gasteiger partial charge is 0.386 e. The summed E-state index contributed by atoms with van der Waals surface area (Å²) in [5, 5.41) is 7.81. The third kappa shape index (κ3) is 4.18. The topological polar surface area (TPSA) is 90.4 Å². The van der Waals surface area contributed by atoms with E-state index < -0.39 is 0 Å². The van der Waals surface area contributed by atoms with E-state index in [1.54, 1.807) is 34.0 Å². The van der Waals surface area contributed by atoms with Crippen LogP contribution in [0.3, 0.4) is 0 Å². The Balaban J connectivity index is 1.49. The van der Waals surface area contributed by atoms with Crippen LogP contribution in [0.25, 0.3) is 5.69 Å². The van der Waals surface area contributed by atoms with E-state index in [1.165, 1.54) is 17.4 Å². The maximum atomic E-state index is 12.2. The summed E-state index contributed by atoms with van der Waals surface area (Å²) in [5.41, 5.74) is 9.21. The van der Waals surface area contributed by atoms with E-state index in [2.05, 4.69) is 21.6 Å². The molecule has 1 aliphatic rings. The van der Waals surface area contributed by atoms with Gasteiger partial charge in [-0.1, -0.05) is 17.7 Å². The minimum atomic E-state index is -0.179. The molecule has 3 aromatic rings. The zero-order valence-electron chi connectivity index (χ0n) is 16.0. The van der Waals surface area contributed by atoms with Crippen molar-refractivity contribution in [2.75, 3.05) is 23.9 Å². The molecule has 2 aromatic heterocycles. The molecule has 4 N–H and O–H groups in total. The van der Waals surface area contributed by atoms with Gasteiger partial charge in [-0.3, -0.25) is 19.2 Å². The van der Waals surface area contributed by atoms with Gasteiger partial charge in [-0.25, -0.2) is 0 Å². The van der Waals surface area contributed by atoms with Crippen LogP contribution in [0.2, 0.25) is 4.34 Å². The summed E-state index contributed by atoms with van der Waals surface area (Å²) >= 11 is 7.12. The Morgan fingerprint density at radius 1 is 1.20 bits per heavy atom. The van der Waals surface area contributed by atoms with Gasteiger partial charge in [-0.2, -0.15) is 0 Å². The quantitative estimate of drug-likeness (QED) is 0.469. The van der Waals surface area contributed by atoms with Crippen molar-refractivity contribution < 1.29 is 4.79 Å². The van der Waals surface area contributed by atoms with Crippen LogP contribution in [0.4, 0.5) is 11.4 Å². The summed E-state index contributed by atoms with van der Waals surface area (Å²) in [6, 6.07) is 14.1. The van der Waals surface area contributed by atoms with Crippen molar-refractivity contribution in [3.63, 3.8) is 0 Å². The number of anilines is 2. The number of carbonyl (C=O) groups excluding carboxylic acids is 1. The summed E-state index contributed by atoms with van der Waals surface area (Å²) in [7, 11) is 1.82. The molecule has 0 saturated heterocycles. The second-order valence-corrected chi connectivity index (χ2v) is 8.12. The molecule has 1 amide bonds. The van der Waals surface area contributed by atoms with Gasteiger partial charge in [0.2, 0.25) is 0 Å². The van der Waals surface area contributed by atoms with Gasteiger partial charge in [-0.05, 0) is 36.4 Å². The molecule has 8 nitrogen and oxygen atoms in total. The molecule has 0 bridgehead atoms.